The van der Waals surface area contributed by atoms with E-state index in [0.29, 0.717) is 0 Å². The topological polar surface area (TPSA) is 8.17 Å². The standard InChI is InChI=1S/C33H30N2/c1-33(2)27-16-5-9-20-31(27)35(32-21-10-6-17-28(32)33)24-13-11-12-23(22-24)34-29-18-7-3-14-25(29)26-15-4-8-19-30(26)34/h3,5,7-14,16,18-22H,4,6,15,17H2,1-2H3. The normalized spacial score (nSPS) is 17.9. The molecule has 1 aromatic heterocycles. The Balaban J connectivity index is 1.46. The number of aromatic nitrogens is 1. The van der Waals surface area contributed by atoms with Crippen molar-refractivity contribution < 1.29 is 0 Å². The Kier molecular flexibility index (Phi) is 4.48. The zero-order chi connectivity index (χ0) is 23.6. The Morgan fingerprint density at radius 1 is 0.743 bits per heavy atom. The van der Waals surface area contributed by atoms with Crippen molar-refractivity contribution >= 4 is 28.4 Å². The fourth-order valence-electron chi connectivity index (χ4n) is 6.50. The first-order valence-electron chi connectivity index (χ1n) is 12.8. The summed E-state index contributed by atoms with van der Waals surface area (Å²) in [5, 5.41) is 1.38. The molecule has 35 heavy (non-hydrogen) atoms. The second-order valence-electron chi connectivity index (χ2n) is 10.5. The van der Waals surface area contributed by atoms with Gasteiger partial charge in [0, 0.05) is 33.6 Å². The van der Waals surface area contributed by atoms with Gasteiger partial charge >= 0.3 is 0 Å². The molecule has 2 heterocycles. The summed E-state index contributed by atoms with van der Waals surface area (Å²) < 4.78 is 2.45. The number of benzene rings is 3. The lowest BCUT2D eigenvalue weighted by molar-refractivity contribution is 0.571. The molecule has 2 nitrogen and oxygen atoms in total. The molecule has 0 atom stereocenters. The molecule has 3 aliphatic rings. The second-order valence-corrected chi connectivity index (χ2v) is 10.5. The highest BCUT2D eigenvalue weighted by Gasteiger charge is 2.38. The minimum absolute atomic E-state index is 0.0330. The molecular weight excluding hydrogens is 424 g/mol. The Morgan fingerprint density at radius 3 is 2.46 bits per heavy atom. The molecule has 2 heteroatoms. The Bertz CT molecular complexity index is 1570. The quantitative estimate of drug-likeness (QED) is 0.294. The monoisotopic (exact) mass is 454 g/mol. The van der Waals surface area contributed by atoms with Gasteiger partial charge in [-0.2, -0.15) is 0 Å². The van der Waals surface area contributed by atoms with Crippen molar-refractivity contribution in [1.29, 1.82) is 0 Å². The van der Waals surface area contributed by atoms with Crippen molar-refractivity contribution in [3.63, 3.8) is 0 Å². The van der Waals surface area contributed by atoms with Gasteiger partial charge in [-0.25, -0.2) is 0 Å². The van der Waals surface area contributed by atoms with E-state index in [0.717, 1.165) is 25.7 Å². The first-order valence-corrected chi connectivity index (χ1v) is 12.8. The fraction of sp³-hybridized carbons (Fsp3) is 0.212. The number of anilines is 2. The van der Waals surface area contributed by atoms with Crippen molar-refractivity contribution in [3.05, 3.63) is 119 Å². The summed E-state index contributed by atoms with van der Waals surface area (Å²) in [6.45, 7) is 4.78. The minimum Gasteiger partial charge on any atom is -0.310 e. The number of allylic oxidation sites excluding steroid dienone is 4. The molecular formula is C33H30N2. The van der Waals surface area contributed by atoms with Crippen LogP contribution in [-0.4, -0.2) is 4.57 Å². The Morgan fingerprint density at radius 2 is 1.51 bits per heavy atom. The molecule has 7 rings (SSSR count). The van der Waals surface area contributed by atoms with E-state index in [1.807, 2.05) is 0 Å². The second kappa shape index (κ2) is 7.61. The number of hydrogen-bond donors (Lipinski definition) is 0. The first kappa shape index (κ1) is 20.6. The third-order valence-electron chi connectivity index (χ3n) is 8.16. The van der Waals surface area contributed by atoms with E-state index in [1.165, 1.54) is 56.1 Å². The first-order chi connectivity index (χ1) is 17.1. The summed E-state index contributed by atoms with van der Waals surface area (Å²) in [5.74, 6) is 0. The molecule has 2 aliphatic carbocycles. The maximum absolute atomic E-state index is 2.49. The molecule has 0 bridgehead atoms. The summed E-state index contributed by atoms with van der Waals surface area (Å²) in [7, 11) is 0. The van der Waals surface area contributed by atoms with Crippen molar-refractivity contribution in [1.82, 2.24) is 4.57 Å². The summed E-state index contributed by atoms with van der Waals surface area (Å²) >= 11 is 0. The smallest absolute Gasteiger partial charge is 0.0537 e. The highest BCUT2D eigenvalue weighted by Crippen LogP contribution is 2.51. The van der Waals surface area contributed by atoms with Crippen LogP contribution in [0.25, 0.3) is 22.7 Å². The van der Waals surface area contributed by atoms with Gasteiger partial charge in [-0.1, -0.05) is 68.5 Å². The van der Waals surface area contributed by atoms with Crippen molar-refractivity contribution in [3.8, 4) is 5.69 Å². The molecule has 0 amide bonds. The van der Waals surface area contributed by atoms with Crippen LogP contribution in [0.4, 0.5) is 11.4 Å². The zero-order valence-corrected chi connectivity index (χ0v) is 20.5. The largest absolute Gasteiger partial charge is 0.310 e. The number of aryl methyl sites for hydroxylation is 1. The molecule has 172 valence electrons. The number of fused-ring (bicyclic) bond motifs is 4. The molecule has 0 N–H and O–H groups in total. The Hall–Kier alpha value is -3.78. The van der Waals surface area contributed by atoms with E-state index >= 15 is 0 Å². The summed E-state index contributed by atoms with van der Waals surface area (Å²) in [6, 6.07) is 26.9. The number of para-hydroxylation sites is 2. The molecule has 0 saturated carbocycles. The van der Waals surface area contributed by atoms with E-state index in [9.17, 15) is 0 Å². The molecule has 0 saturated heterocycles. The van der Waals surface area contributed by atoms with E-state index < -0.39 is 0 Å². The fourth-order valence-corrected chi connectivity index (χ4v) is 6.50. The molecule has 0 radical (unpaired) electrons. The molecule has 4 aromatic rings. The van der Waals surface area contributed by atoms with Gasteiger partial charge in [0.15, 0.2) is 0 Å². The summed E-state index contributed by atoms with van der Waals surface area (Å²) in [6.07, 6.45) is 13.8. The van der Waals surface area contributed by atoms with Gasteiger partial charge in [0.1, 0.15) is 0 Å². The molecule has 0 spiro atoms. The third-order valence-corrected chi connectivity index (χ3v) is 8.16. The predicted octanol–water partition coefficient (Wildman–Crippen LogP) is 8.62. The minimum atomic E-state index is 0.0330. The van der Waals surface area contributed by atoms with Crippen LogP contribution in [0.5, 0.6) is 0 Å². The maximum atomic E-state index is 2.49. The molecule has 0 fully saturated rings. The van der Waals surface area contributed by atoms with Crippen molar-refractivity contribution in [2.75, 3.05) is 4.90 Å². The van der Waals surface area contributed by atoms with E-state index in [2.05, 4.69) is 120 Å². The van der Waals surface area contributed by atoms with Gasteiger partial charge in [-0.05, 0) is 84.9 Å². The third kappa shape index (κ3) is 2.96. The lowest BCUT2D eigenvalue weighted by atomic mass is 9.70. The van der Waals surface area contributed by atoms with Crippen LogP contribution in [0.2, 0.25) is 0 Å². The maximum Gasteiger partial charge on any atom is 0.0537 e. The average molecular weight is 455 g/mol. The van der Waals surface area contributed by atoms with Gasteiger partial charge in [0.2, 0.25) is 0 Å². The number of rotatable bonds is 2. The van der Waals surface area contributed by atoms with Crippen LogP contribution in [0.15, 0.2) is 102 Å². The molecule has 3 aromatic carbocycles. The lowest BCUT2D eigenvalue weighted by Gasteiger charge is -2.44. The zero-order valence-electron chi connectivity index (χ0n) is 20.5. The van der Waals surface area contributed by atoms with Crippen molar-refractivity contribution in [2.45, 2.75) is 44.9 Å². The average Bonchev–Trinajstić information content (AvgIpc) is 3.24. The summed E-state index contributed by atoms with van der Waals surface area (Å²) in [4.78, 5) is 2.49. The van der Waals surface area contributed by atoms with Gasteiger partial charge in [-0.15, -0.1) is 0 Å². The van der Waals surface area contributed by atoms with Gasteiger partial charge in [0.05, 0.1) is 11.2 Å². The van der Waals surface area contributed by atoms with Crippen LogP contribution >= 0.6 is 0 Å². The van der Waals surface area contributed by atoms with Gasteiger partial charge in [-0.3, -0.25) is 0 Å². The molecule has 0 unspecified atom stereocenters. The number of nitrogens with zero attached hydrogens (tertiary/aromatic N) is 2. The van der Waals surface area contributed by atoms with Crippen LogP contribution in [0.3, 0.4) is 0 Å². The Labute approximate surface area is 207 Å². The van der Waals surface area contributed by atoms with Gasteiger partial charge < -0.3 is 9.47 Å². The van der Waals surface area contributed by atoms with E-state index in [4.69, 9.17) is 0 Å². The van der Waals surface area contributed by atoms with Crippen LogP contribution < -0.4 is 4.90 Å². The highest BCUT2D eigenvalue weighted by molar-refractivity contribution is 5.91. The van der Waals surface area contributed by atoms with E-state index in [1.54, 1.807) is 0 Å². The van der Waals surface area contributed by atoms with Crippen molar-refractivity contribution in [2.24, 2.45) is 0 Å². The van der Waals surface area contributed by atoms with Crippen LogP contribution in [0, 0.1) is 0 Å². The highest BCUT2D eigenvalue weighted by atomic mass is 15.2. The summed E-state index contributed by atoms with van der Waals surface area (Å²) in [5.41, 5.74) is 12.1. The van der Waals surface area contributed by atoms with Crippen LogP contribution in [-0.2, 0) is 11.8 Å². The van der Waals surface area contributed by atoms with E-state index in [-0.39, 0.29) is 5.41 Å². The SMILES string of the molecule is CC1(C)C2=C(C=CCC2)N(c2cccc(-n3c4c(c5ccccc53)CCC=C4)c2)c2ccccc21. The van der Waals surface area contributed by atoms with Crippen LogP contribution in [0.1, 0.15) is 49.9 Å². The molecule has 1 aliphatic heterocycles. The van der Waals surface area contributed by atoms with Gasteiger partial charge in [0.25, 0.3) is 0 Å². The predicted molar refractivity (Wildman–Crippen MR) is 148 cm³/mol. The lowest BCUT2D eigenvalue weighted by Crippen LogP contribution is -2.34. The number of hydrogen-bond acceptors (Lipinski definition) is 1.